The average Bonchev–Trinajstić information content (AvgIpc) is 3.14. The molecule has 0 atom stereocenters. The molecule has 0 spiro atoms. The minimum atomic E-state index is -3.69. The van der Waals surface area contributed by atoms with Crippen LogP contribution in [0.15, 0.2) is 56.6 Å². The molecule has 0 fully saturated rings. The number of anilines is 2. The Balaban J connectivity index is 1.89. The van der Waals surface area contributed by atoms with E-state index in [0.29, 0.717) is 43.0 Å². The van der Waals surface area contributed by atoms with Gasteiger partial charge in [-0.1, -0.05) is 26.0 Å². The molecule has 2 aromatic carbocycles. The molecule has 10 heteroatoms. The van der Waals surface area contributed by atoms with E-state index in [1.165, 1.54) is 14.9 Å². The van der Waals surface area contributed by atoms with E-state index in [2.05, 4.69) is 5.32 Å². The molecule has 1 N–H and O–H groups in total. The number of hydrogen-bond acceptors (Lipinski definition) is 6. The van der Waals surface area contributed by atoms with Gasteiger partial charge >= 0.3 is 5.76 Å². The van der Waals surface area contributed by atoms with Crippen molar-refractivity contribution in [1.82, 2.24) is 8.87 Å². The predicted molar refractivity (Wildman–Crippen MR) is 134 cm³/mol. The second kappa shape index (κ2) is 10.9. The molecular weight excluding hydrogens is 456 g/mol. The van der Waals surface area contributed by atoms with Gasteiger partial charge in [0, 0.05) is 39.1 Å². The number of nitrogens with one attached hydrogen (secondary N) is 1. The molecule has 0 aliphatic heterocycles. The molecule has 0 unspecified atom stereocenters. The van der Waals surface area contributed by atoms with Crippen molar-refractivity contribution in [2.45, 2.75) is 45.6 Å². The maximum Gasteiger partial charge on any atom is 0.419 e. The Morgan fingerprint density at radius 1 is 1.00 bits per heavy atom. The maximum atomic E-state index is 13.0. The first-order valence-electron chi connectivity index (χ1n) is 11.5. The van der Waals surface area contributed by atoms with Crippen LogP contribution in [-0.4, -0.2) is 49.4 Å². The van der Waals surface area contributed by atoms with Crippen LogP contribution in [0.2, 0.25) is 0 Å². The molecule has 0 aliphatic carbocycles. The third-order valence-electron chi connectivity index (χ3n) is 5.83. The van der Waals surface area contributed by atoms with Gasteiger partial charge in [-0.2, -0.15) is 4.31 Å². The number of benzene rings is 2. The molecule has 1 heterocycles. The molecule has 34 heavy (non-hydrogen) atoms. The van der Waals surface area contributed by atoms with Crippen LogP contribution in [0.3, 0.4) is 0 Å². The minimum absolute atomic E-state index is 0.0220. The summed E-state index contributed by atoms with van der Waals surface area (Å²) in [6.45, 7) is 9.79. The number of carbonyl (C=O) groups excluding carboxylic acids is 1. The van der Waals surface area contributed by atoms with Gasteiger partial charge in [-0.25, -0.2) is 13.2 Å². The fraction of sp³-hybridized carbons (Fsp3) is 0.417. The summed E-state index contributed by atoms with van der Waals surface area (Å²) < 4.78 is 34.1. The van der Waals surface area contributed by atoms with Crippen molar-refractivity contribution in [3.63, 3.8) is 0 Å². The number of fused-ring (bicyclic) bond motifs is 1. The molecule has 184 valence electrons. The van der Waals surface area contributed by atoms with Crippen molar-refractivity contribution < 1.29 is 17.6 Å². The summed E-state index contributed by atoms with van der Waals surface area (Å²) in [6, 6.07) is 11.9. The van der Waals surface area contributed by atoms with Crippen molar-refractivity contribution in [1.29, 1.82) is 0 Å². The van der Waals surface area contributed by atoms with Crippen LogP contribution >= 0.6 is 0 Å². The lowest BCUT2D eigenvalue weighted by molar-refractivity contribution is -0.116. The van der Waals surface area contributed by atoms with Gasteiger partial charge in [0.2, 0.25) is 15.9 Å². The number of para-hydroxylation sites is 2. The third-order valence-corrected chi connectivity index (χ3v) is 7.87. The highest BCUT2D eigenvalue weighted by molar-refractivity contribution is 7.89. The minimum Gasteiger partial charge on any atom is -0.408 e. The smallest absolute Gasteiger partial charge is 0.408 e. The zero-order valence-electron chi connectivity index (χ0n) is 20.1. The second-order valence-electron chi connectivity index (χ2n) is 7.73. The summed E-state index contributed by atoms with van der Waals surface area (Å²) in [4.78, 5) is 27.2. The van der Waals surface area contributed by atoms with Crippen LogP contribution in [0.5, 0.6) is 0 Å². The Morgan fingerprint density at radius 3 is 2.32 bits per heavy atom. The van der Waals surface area contributed by atoms with Crippen LogP contribution in [0.1, 0.15) is 34.1 Å². The number of nitrogens with zero attached hydrogens (tertiary/aromatic N) is 3. The van der Waals surface area contributed by atoms with Gasteiger partial charge in [-0.3, -0.25) is 9.36 Å². The number of carbonyl (C=O) groups is 1. The van der Waals surface area contributed by atoms with E-state index in [1.807, 2.05) is 18.7 Å². The highest BCUT2D eigenvalue weighted by Crippen LogP contribution is 2.30. The summed E-state index contributed by atoms with van der Waals surface area (Å²) in [5.41, 5.74) is 2.25. The van der Waals surface area contributed by atoms with Gasteiger partial charge < -0.3 is 14.6 Å². The molecule has 0 saturated carbocycles. The molecule has 0 aliphatic rings. The first-order chi connectivity index (χ1) is 16.3. The highest BCUT2D eigenvalue weighted by Gasteiger charge is 2.24. The normalized spacial score (nSPS) is 11.8. The average molecular weight is 489 g/mol. The molecule has 1 aromatic heterocycles. The summed E-state index contributed by atoms with van der Waals surface area (Å²) in [5, 5.41) is 2.87. The second-order valence-corrected chi connectivity index (χ2v) is 9.66. The lowest BCUT2D eigenvalue weighted by Gasteiger charge is -2.26. The van der Waals surface area contributed by atoms with E-state index in [0.717, 1.165) is 5.69 Å². The first-order valence-corrected chi connectivity index (χ1v) is 13.0. The number of aryl methyl sites for hydroxylation is 1. The largest absolute Gasteiger partial charge is 0.419 e. The molecule has 0 saturated heterocycles. The van der Waals surface area contributed by atoms with E-state index in [1.54, 1.807) is 50.2 Å². The zero-order valence-corrected chi connectivity index (χ0v) is 20.9. The molecule has 1 amide bonds. The monoisotopic (exact) mass is 488 g/mol. The van der Waals surface area contributed by atoms with Gasteiger partial charge in [0.25, 0.3) is 0 Å². The maximum absolute atomic E-state index is 13.0. The first kappa shape index (κ1) is 25.5. The standard InChI is InChI=1S/C24H32N4O5S/c1-5-26(6-2)20-14-13-18(34(31,32)27(7-3)8-4)17-19(20)25-23(29)15-16-28-21-11-9-10-12-22(21)33-24(28)30/h9-14,17H,5-8,15-16H2,1-4H3,(H,25,29). The van der Waals surface area contributed by atoms with Crippen LogP contribution in [0.25, 0.3) is 11.1 Å². The van der Waals surface area contributed by atoms with E-state index in [-0.39, 0.29) is 23.8 Å². The van der Waals surface area contributed by atoms with Crippen molar-refractivity contribution in [2.24, 2.45) is 0 Å². The van der Waals surface area contributed by atoms with Gasteiger partial charge in [0.05, 0.1) is 21.8 Å². The fourth-order valence-electron chi connectivity index (χ4n) is 3.98. The quantitative estimate of drug-likeness (QED) is 0.443. The van der Waals surface area contributed by atoms with Gasteiger partial charge in [0.15, 0.2) is 5.58 Å². The van der Waals surface area contributed by atoms with Gasteiger partial charge in [0.1, 0.15) is 0 Å². The molecule has 3 rings (SSSR count). The van der Waals surface area contributed by atoms with Crippen molar-refractivity contribution in [2.75, 3.05) is 36.4 Å². The summed E-state index contributed by atoms with van der Waals surface area (Å²) in [5.74, 6) is -0.854. The van der Waals surface area contributed by atoms with Crippen LogP contribution in [-0.2, 0) is 21.4 Å². The molecule has 3 aromatic rings. The van der Waals surface area contributed by atoms with E-state index >= 15 is 0 Å². The summed E-state index contributed by atoms with van der Waals surface area (Å²) in [7, 11) is -3.69. The molecular formula is C24H32N4O5S. The third kappa shape index (κ3) is 5.18. The van der Waals surface area contributed by atoms with Crippen molar-refractivity contribution >= 4 is 38.4 Å². The number of aromatic nitrogens is 1. The van der Waals surface area contributed by atoms with E-state index in [9.17, 15) is 18.0 Å². The summed E-state index contributed by atoms with van der Waals surface area (Å²) >= 11 is 0. The number of rotatable bonds is 11. The fourth-order valence-corrected chi connectivity index (χ4v) is 5.46. The van der Waals surface area contributed by atoms with Crippen LogP contribution in [0, 0.1) is 0 Å². The van der Waals surface area contributed by atoms with Crippen LogP contribution in [0.4, 0.5) is 11.4 Å². The molecule has 9 nitrogen and oxygen atoms in total. The topological polar surface area (TPSA) is 105 Å². The summed E-state index contributed by atoms with van der Waals surface area (Å²) in [6.07, 6.45) is 0.0220. The van der Waals surface area contributed by atoms with Crippen molar-refractivity contribution in [3.8, 4) is 0 Å². The number of hydrogen-bond donors (Lipinski definition) is 1. The van der Waals surface area contributed by atoms with Gasteiger partial charge in [-0.05, 0) is 44.2 Å². The Hall–Kier alpha value is -3.11. The SMILES string of the molecule is CCN(CC)c1ccc(S(=O)(=O)N(CC)CC)cc1NC(=O)CCn1c(=O)oc2ccccc21. The molecule has 0 radical (unpaired) electrons. The van der Waals surface area contributed by atoms with E-state index in [4.69, 9.17) is 4.42 Å². The number of sulfonamides is 1. The number of amides is 1. The van der Waals surface area contributed by atoms with Crippen molar-refractivity contribution in [3.05, 3.63) is 53.0 Å². The lowest BCUT2D eigenvalue weighted by Crippen LogP contribution is -2.31. The zero-order chi connectivity index (χ0) is 24.9. The Morgan fingerprint density at radius 2 is 1.68 bits per heavy atom. The Bertz CT molecular complexity index is 1300. The van der Waals surface area contributed by atoms with Gasteiger partial charge in [-0.15, -0.1) is 0 Å². The molecule has 0 bridgehead atoms. The Labute approximate surface area is 200 Å². The van der Waals surface area contributed by atoms with E-state index < -0.39 is 15.8 Å². The van der Waals surface area contributed by atoms with Crippen LogP contribution < -0.4 is 16.0 Å². The Kier molecular flexibility index (Phi) is 8.16. The number of oxazole rings is 1. The highest BCUT2D eigenvalue weighted by atomic mass is 32.2. The predicted octanol–water partition coefficient (Wildman–Crippen LogP) is 3.50. The lowest BCUT2D eigenvalue weighted by atomic mass is 10.2.